The summed E-state index contributed by atoms with van der Waals surface area (Å²) < 4.78 is 0. The minimum atomic E-state index is 0.0689. The molecule has 1 nitrogen and oxygen atoms in total. The molecule has 0 N–H and O–H groups in total. The molecule has 0 atom stereocenters. The van der Waals surface area contributed by atoms with Gasteiger partial charge >= 0.3 is 0 Å². The predicted molar refractivity (Wildman–Crippen MR) is 130 cm³/mol. The topological polar surface area (TPSA) is 12.9 Å². The number of hydrogen-bond donors (Lipinski definition) is 0. The summed E-state index contributed by atoms with van der Waals surface area (Å²) in [7, 11) is 0. The lowest BCUT2D eigenvalue weighted by atomic mass is 9.82. The molecule has 30 heavy (non-hydrogen) atoms. The van der Waals surface area contributed by atoms with Gasteiger partial charge in [-0.05, 0) is 75.0 Å². The number of pyridine rings is 1. The SMILES string of the molecule is CC(C)Cc1ccc(-c2ccnc(-c3cc(C(C)(C)C)c4ccccc4c3)c2)cc1. The summed E-state index contributed by atoms with van der Waals surface area (Å²) in [5.74, 6) is 0.674. The van der Waals surface area contributed by atoms with Gasteiger partial charge in [-0.25, -0.2) is 0 Å². The summed E-state index contributed by atoms with van der Waals surface area (Å²) in [6.07, 6.45) is 3.05. The van der Waals surface area contributed by atoms with E-state index in [0.717, 1.165) is 12.1 Å². The highest BCUT2D eigenvalue weighted by molar-refractivity contribution is 5.91. The molecule has 1 heteroatoms. The van der Waals surface area contributed by atoms with E-state index in [1.54, 1.807) is 0 Å². The molecule has 4 rings (SSSR count). The van der Waals surface area contributed by atoms with Gasteiger partial charge in [0.2, 0.25) is 0 Å². The first-order valence-electron chi connectivity index (χ1n) is 10.9. The van der Waals surface area contributed by atoms with E-state index in [9.17, 15) is 0 Å². The minimum absolute atomic E-state index is 0.0689. The third kappa shape index (κ3) is 4.31. The molecule has 4 aromatic rings. The first kappa shape index (κ1) is 20.3. The smallest absolute Gasteiger partial charge is 0.0708 e. The number of aromatic nitrogens is 1. The number of fused-ring (bicyclic) bond motifs is 1. The summed E-state index contributed by atoms with van der Waals surface area (Å²) in [6.45, 7) is 11.4. The van der Waals surface area contributed by atoms with Gasteiger partial charge in [-0.3, -0.25) is 4.98 Å². The van der Waals surface area contributed by atoms with Crippen molar-refractivity contribution in [3.63, 3.8) is 0 Å². The highest BCUT2D eigenvalue weighted by atomic mass is 14.7. The third-order valence-corrected chi connectivity index (χ3v) is 5.66. The Labute approximate surface area is 180 Å². The van der Waals surface area contributed by atoms with E-state index in [1.165, 1.54) is 38.6 Å². The maximum atomic E-state index is 4.72. The van der Waals surface area contributed by atoms with E-state index in [1.807, 2.05) is 6.20 Å². The fourth-order valence-electron chi connectivity index (χ4n) is 4.15. The average molecular weight is 394 g/mol. The lowest BCUT2D eigenvalue weighted by Crippen LogP contribution is -2.12. The maximum Gasteiger partial charge on any atom is 0.0708 e. The fraction of sp³-hybridized carbons (Fsp3) is 0.276. The molecule has 0 aliphatic carbocycles. The Hall–Kier alpha value is -2.93. The summed E-state index contributed by atoms with van der Waals surface area (Å²) >= 11 is 0. The van der Waals surface area contributed by atoms with Crippen molar-refractivity contribution >= 4 is 10.8 Å². The Morgan fingerprint density at radius 2 is 1.50 bits per heavy atom. The van der Waals surface area contributed by atoms with Crippen LogP contribution in [-0.2, 0) is 11.8 Å². The van der Waals surface area contributed by atoms with Crippen LogP contribution in [-0.4, -0.2) is 4.98 Å². The normalized spacial score (nSPS) is 11.9. The van der Waals surface area contributed by atoms with Crippen LogP contribution in [0, 0.1) is 5.92 Å². The Morgan fingerprint density at radius 1 is 0.767 bits per heavy atom. The number of benzene rings is 3. The Bertz CT molecular complexity index is 1160. The molecule has 0 radical (unpaired) electrons. The van der Waals surface area contributed by atoms with Gasteiger partial charge in [-0.1, -0.05) is 83.1 Å². The zero-order valence-electron chi connectivity index (χ0n) is 18.7. The van der Waals surface area contributed by atoms with Gasteiger partial charge in [0, 0.05) is 11.8 Å². The van der Waals surface area contributed by atoms with Gasteiger partial charge in [0.25, 0.3) is 0 Å². The molecule has 0 spiro atoms. The number of nitrogens with zero attached hydrogens (tertiary/aromatic N) is 1. The molecule has 0 saturated heterocycles. The van der Waals surface area contributed by atoms with E-state index in [0.29, 0.717) is 5.92 Å². The van der Waals surface area contributed by atoms with Crippen LogP contribution < -0.4 is 0 Å². The molecule has 1 heterocycles. The van der Waals surface area contributed by atoms with E-state index < -0.39 is 0 Å². The molecule has 0 amide bonds. The van der Waals surface area contributed by atoms with Gasteiger partial charge in [0.15, 0.2) is 0 Å². The molecule has 152 valence electrons. The van der Waals surface area contributed by atoms with E-state index in [4.69, 9.17) is 4.98 Å². The monoisotopic (exact) mass is 393 g/mol. The summed E-state index contributed by atoms with van der Waals surface area (Å²) in [6, 6.07) is 26.5. The van der Waals surface area contributed by atoms with Crippen molar-refractivity contribution in [2.24, 2.45) is 5.92 Å². The van der Waals surface area contributed by atoms with Gasteiger partial charge < -0.3 is 0 Å². The van der Waals surface area contributed by atoms with Gasteiger partial charge in [0.1, 0.15) is 0 Å². The van der Waals surface area contributed by atoms with E-state index in [2.05, 4.69) is 107 Å². The lowest BCUT2D eigenvalue weighted by Gasteiger charge is -2.22. The lowest BCUT2D eigenvalue weighted by molar-refractivity contribution is 0.596. The summed E-state index contributed by atoms with van der Waals surface area (Å²) in [5, 5.41) is 2.59. The average Bonchev–Trinajstić information content (AvgIpc) is 2.72. The largest absolute Gasteiger partial charge is 0.256 e. The molecule has 1 aromatic heterocycles. The molecular weight excluding hydrogens is 362 g/mol. The van der Waals surface area contributed by atoms with Gasteiger partial charge in [-0.15, -0.1) is 0 Å². The second kappa shape index (κ2) is 8.07. The molecule has 0 unspecified atom stereocenters. The molecule has 0 fully saturated rings. The van der Waals surface area contributed by atoms with Crippen LogP contribution in [0.1, 0.15) is 45.7 Å². The highest BCUT2D eigenvalue weighted by Crippen LogP contribution is 2.35. The first-order valence-corrected chi connectivity index (χ1v) is 10.9. The van der Waals surface area contributed by atoms with Crippen molar-refractivity contribution in [1.29, 1.82) is 0 Å². The quantitative estimate of drug-likeness (QED) is 0.341. The number of rotatable bonds is 4. The van der Waals surface area contributed by atoms with Crippen molar-refractivity contribution in [1.82, 2.24) is 4.98 Å². The summed E-state index contributed by atoms with van der Waals surface area (Å²) in [4.78, 5) is 4.72. The Kier molecular flexibility index (Phi) is 5.47. The van der Waals surface area contributed by atoms with Crippen LogP contribution in [0.25, 0.3) is 33.2 Å². The number of hydrogen-bond acceptors (Lipinski definition) is 1. The molecule has 0 bridgehead atoms. The molecule has 0 saturated carbocycles. The molecule has 3 aromatic carbocycles. The maximum absolute atomic E-state index is 4.72. The van der Waals surface area contributed by atoms with Crippen molar-refractivity contribution < 1.29 is 0 Å². The molecule has 0 aliphatic heterocycles. The van der Waals surface area contributed by atoms with Crippen LogP contribution >= 0.6 is 0 Å². The highest BCUT2D eigenvalue weighted by Gasteiger charge is 2.18. The van der Waals surface area contributed by atoms with Crippen LogP contribution in [0.2, 0.25) is 0 Å². The zero-order chi connectivity index (χ0) is 21.3. The Morgan fingerprint density at radius 3 is 2.20 bits per heavy atom. The van der Waals surface area contributed by atoms with Gasteiger partial charge in [-0.2, -0.15) is 0 Å². The minimum Gasteiger partial charge on any atom is -0.256 e. The van der Waals surface area contributed by atoms with E-state index in [-0.39, 0.29) is 5.41 Å². The second-order valence-electron chi connectivity index (χ2n) is 9.72. The second-order valence-corrected chi connectivity index (χ2v) is 9.72. The van der Waals surface area contributed by atoms with Crippen molar-refractivity contribution in [2.75, 3.05) is 0 Å². The van der Waals surface area contributed by atoms with Crippen LogP contribution in [0.4, 0.5) is 0 Å². The van der Waals surface area contributed by atoms with E-state index >= 15 is 0 Å². The molecular formula is C29H31N. The molecule has 0 aliphatic rings. The standard InChI is InChI=1S/C29H31N/c1-20(2)16-21-10-12-22(13-11-21)23-14-15-30-28(19-23)25-17-24-8-6-7-9-26(24)27(18-25)29(3,4)5/h6-15,17-20H,16H2,1-5H3. The van der Waals surface area contributed by atoms with Gasteiger partial charge in [0.05, 0.1) is 5.69 Å². The fourth-order valence-corrected chi connectivity index (χ4v) is 4.15. The summed E-state index contributed by atoms with van der Waals surface area (Å²) in [5.41, 5.74) is 7.48. The third-order valence-electron chi connectivity index (χ3n) is 5.66. The zero-order valence-corrected chi connectivity index (χ0v) is 18.7. The first-order chi connectivity index (χ1) is 14.3. The van der Waals surface area contributed by atoms with Crippen molar-refractivity contribution in [3.8, 4) is 22.4 Å². The van der Waals surface area contributed by atoms with Crippen molar-refractivity contribution in [3.05, 3.63) is 90.1 Å². The van der Waals surface area contributed by atoms with Crippen LogP contribution in [0.5, 0.6) is 0 Å². The van der Waals surface area contributed by atoms with Crippen LogP contribution in [0.15, 0.2) is 79.0 Å². The van der Waals surface area contributed by atoms with Crippen molar-refractivity contribution in [2.45, 2.75) is 46.5 Å². The van der Waals surface area contributed by atoms with Crippen LogP contribution in [0.3, 0.4) is 0 Å². The predicted octanol–water partition coefficient (Wildman–Crippen LogP) is 8.06. The Balaban J connectivity index is 1.76.